The summed E-state index contributed by atoms with van der Waals surface area (Å²) < 4.78 is 11.4. The maximum absolute atomic E-state index is 9.86. The minimum absolute atomic E-state index is 0.266. The van der Waals surface area contributed by atoms with Gasteiger partial charge in [0.2, 0.25) is 0 Å². The molecule has 112 valence electrons. The Morgan fingerprint density at radius 3 is 2.50 bits per heavy atom. The van der Waals surface area contributed by atoms with Crippen molar-refractivity contribution in [3.8, 4) is 11.5 Å². The quantitative estimate of drug-likeness (QED) is 0.881. The summed E-state index contributed by atoms with van der Waals surface area (Å²) in [4.78, 5) is 0. The van der Waals surface area contributed by atoms with Gasteiger partial charge in [0.15, 0.2) is 0 Å². The van der Waals surface area contributed by atoms with Crippen LogP contribution in [0.3, 0.4) is 0 Å². The molecular weight excluding hydrogens is 252 g/mol. The minimum Gasteiger partial charge on any atom is -0.497 e. The fourth-order valence-electron chi connectivity index (χ4n) is 2.93. The molecule has 1 fully saturated rings. The second kappa shape index (κ2) is 6.98. The molecule has 0 bridgehead atoms. The molecule has 1 aliphatic carbocycles. The summed E-state index contributed by atoms with van der Waals surface area (Å²) in [6.45, 7) is 4.03. The van der Waals surface area contributed by atoms with E-state index < -0.39 is 6.10 Å². The summed E-state index contributed by atoms with van der Waals surface area (Å²) in [6, 6.07) is 5.63. The third kappa shape index (κ3) is 3.66. The van der Waals surface area contributed by atoms with Crippen molar-refractivity contribution in [3.05, 3.63) is 23.8 Å². The number of aliphatic hydroxyl groups excluding tert-OH is 1. The molecule has 1 saturated carbocycles. The Bertz CT molecular complexity index is 420. The molecule has 0 heterocycles. The van der Waals surface area contributed by atoms with Gasteiger partial charge < -0.3 is 14.6 Å². The van der Waals surface area contributed by atoms with Crippen LogP contribution < -0.4 is 9.47 Å². The van der Waals surface area contributed by atoms with Gasteiger partial charge in [-0.2, -0.15) is 0 Å². The predicted molar refractivity (Wildman–Crippen MR) is 80.3 cm³/mol. The highest BCUT2D eigenvalue weighted by molar-refractivity contribution is 5.42. The first-order valence-corrected chi connectivity index (χ1v) is 7.66. The van der Waals surface area contributed by atoms with E-state index in [1.165, 1.54) is 19.3 Å². The molecule has 1 aromatic carbocycles. The van der Waals surface area contributed by atoms with E-state index in [1.54, 1.807) is 14.0 Å². The van der Waals surface area contributed by atoms with Crippen LogP contribution in [0.15, 0.2) is 18.2 Å². The van der Waals surface area contributed by atoms with Crippen molar-refractivity contribution in [2.24, 2.45) is 5.92 Å². The lowest BCUT2D eigenvalue weighted by Gasteiger charge is -2.29. The van der Waals surface area contributed by atoms with Crippen LogP contribution in [0.2, 0.25) is 0 Å². The van der Waals surface area contributed by atoms with Gasteiger partial charge in [0.05, 0.1) is 19.3 Å². The molecule has 0 spiro atoms. The van der Waals surface area contributed by atoms with Gasteiger partial charge in [-0.25, -0.2) is 0 Å². The van der Waals surface area contributed by atoms with Gasteiger partial charge >= 0.3 is 0 Å². The smallest absolute Gasteiger partial charge is 0.129 e. The molecule has 0 amide bonds. The van der Waals surface area contributed by atoms with Crippen LogP contribution in [0.1, 0.15) is 57.6 Å². The molecule has 2 rings (SSSR count). The molecule has 1 N–H and O–H groups in total. The molecule has 3 heteroatoms. The molecule has 0 aromatic heterocycles. The van der Waals surface area contributed by atoms with Crippen molar-refractivity contribution in [3.63, 3.8) is 0 Å². The zero-order valence-corrected chi connectivity index (χ0v) is 12.8. The Morgan fingerprint density at radius 1 is 1.25 bits per heavy atom. The van der Waals surface area contributed by atoms with Crippen molar-refractivity contribution < 1.29 is 14.6 Å². The summed E-state index contributed by atoms with van der Waals surface area (Å²) in [5.41, 5.74) is 0.836. The number of hydrogen-bond acceptors (Lipinski definition) is 3. The second-order valence-corrected chi connectivity index (χ2v) is 5.75. The summed E-state index contributed by atoms with van der Waals surface area (Å²) >= 11 is 0. The van der Waals surface area contributed by atoms with E-state index in [9.17, 15) is 5.11 Å². The Balaban J connectivity index is 2.07. The van der Waals surface area contributed by atoms with Crippen LogP contribution in [-0.4, -0.2) is 18.3 Å². The van der Waals surface area contributed by atoms with Crippen molar-refractivity contribution in [2.75, 3.05) is 7.11 Å². The highest BCUT2D eigenvalue weighted by Crippen LogP contribution is 2.34. The molecule has 1 atom stereocenters. The normalized spacial score (nSPS) is 24.2. The monoisotopic (exact) mass is 278 g/mol. The predicted octanol–water partition coefficient (Wildman–Crippen LogP) is 4.10. The molecule has 0 unspecified atom stereocenters. The maximum atomic E-state index is 9.86. The van der Waals surface area contributed by atoms with E-state index in [-0.39, 0.29) is 6.10 Å². The molecule has 20 heavy (non-hydrogen) atoms. The van der Waals surface area contributed by atoms with Gasteiger partial charge in [0, 0.05) is 11.6 Å². The van der Waals surface area contributed by atoms with Gasteiger partial charge in [-0.1, -0.05) is 13.3 Å². The van der Waals surface area contributed by atoms with Crippen LogP contribution in [0, 0.1) is 5.92 Å². The highest BCUT2D eigenvalue weighted by Gasteiger charge is 2.22. The van der Waals surface area contributed by atoms with Crippen LogP contribution in [-0.2, 0) is 0 Å². The van der Waals surface area contributed by atoms with E-state index in [4.69, 9.17) is 9.47 Å². The minimum atomic E-state index is -0.525. The Labute approximate surface area is 121 Å². The lowest BCUT2D eigenvalue weighted by atomic mass is 9.86. The molecule has 0 aliphatic heterocycles. The van der Waals surface area contributed by atoms with Crippen LogP contribution >= 0.6 is 0 Å². The number of aliphatic hydroxyl groups is 1. The van der Waals surface area contributed by atoms with E-state index >= 15 is 0 Å². The van der Waals surface area contributed by atoms with Crippen LogP contribution in [0.25, 0.3) is 0 Å². The Kier molecular flexibility index (Phi) is 5.30. The third-order valence-electron chi connectivity index (χ3n) is 4.34. The lowest BCUT2D eigenvalue weighted by Crippen LogP contribution is -2.24. The van der Waals surface area contributed by atoms with Crippen LogP contribution in [0.4, 0.5) is 0 Å². The Morgan fingerprint density at radius 2 is 1.95 bits per heavy atom. The van der Waals surface area contributed by atoms with Crippen molar-refractivity contribution in [2.45, 2.75) is 58.2 Å². The fraction of sp³-hybridized carbons (Fsp3) is 0.647. The standard InChI is InChI=1S/C17H26O3/c1-4-13-5-7-14(8-6-13)20-17-11-15(19-3)9-10-16(17)12(2)18/h9-14,18H,4-8H2,1-3H3/t12-,13?,14?/m0/s1. The number of ether oxygens (including phenoxy) is 2. The number of rotatable bonds is 5. The lowest BCUT2D eigenvalue weighted by molar-refractivity contribution is 0.121. The summed E-state index contributed by atoms with van der Waals surface area (Å²) in [5, 5.41) is 9.86. The van der Waals surface area contributed by atoms with Crippen molar-refractivity contribution in [1.29, 1.82) is 0 Å². The first kappa shape index (κ1) is 15.2. The highest BCUT2D eigenvalue weighted by atomic mass is 16.5. The fourth-order valence-corrected chi connectivity index (χ4v) is 2.93. The van der Waals surface area contributed by atoms with Gasteiger partial charge in [0.25, 0.3) is 0 Å². The topological polar surface area (TPSA) is 38.7 Å². The summed E-state index contributed by atoms with van der Waals surface area (Å²) in [6.07, 6.45) is 5.71. The SMILES string of the molecule is CCC1CCC(Oc2cc(OC)ccc2[C@H](C)O)CC1. The molecule has 1 aromatic rings. The second-order valence-electron chi connectivity index (χ2n) is 5.75. The first-order valence-electron chi connectivity index (χ1n) is 7.66. The van der Waals surface area contributed by atoms with E-state index in [0.29, 0.717) is 0 Å². The van der Waals surface area contributed by atoms with Gasteiger partial charge in [-0.3, -0.25) is 0 Å². The third-order valence-corrected chi connectivity index (χ3v) is 4.34. The summed E-state index contributed by atoms with van der Waals surface area (Å²) in [7, 11) is 1.65. The number of benzene rings is 1. The average molecular weight is 278 g/mol. The number of hydrogen-bond donors (Lipinski definition) is 1. The Hall–Kier alpha value is -1.22. The number of methoxy groups -OCH3 is 1. The van der Waals surface area contributed by atoms with Crippen molar-refractivity contribution in [1.82, 2.24) is 0 Å². The van der Waals surface area contributed by atoms with Gasteiger partial charge in [0.1, 0.15) is 11.5 Å². The van der Waals surface area contributed by atoms with Gasteiger partial charge in [-0.05, 0) is 50.7 Å². The molecular formula is C17H26O3. The van der Waals surface area contributed by atoms with Crippen molar-refractivity contribution >= 4 is 0 Å². The summed E-state index contributed by atoms with van der Waals surface area (Å²) in [5.74, 6) is 2.39. The molecule has 0 saturated heterocycles. The van der Waals surface area contributed by atoms with Gasteiger partial charge in [-0.15, -0.1) is 0 Å². The van der Waals surface area contributed by atoms with E-state index in [1.807, 2.05) is 18.2 Å². The van der Waals surface area contributed by atoms with Crippen LogP contribution in [0.5, 0.6) is 11.5 Å². The van der Waals surface area contributed by atoms with E-state index in [2.05, 4.69) is 6.92 Å². The molecule has 1 aliphatic rings. The largest absolute Gasteiger partial charge is 0.497 e. The average Bonchev–Trinajstić information content (AvgIpc) is 2.47. The van der Waals surface area contributed by atoms with E-state index in [0.717, 1.165) is 35.8 Å². The molecule has 3 nitrogen and oxygen atoms in total. The zero-order chi connectivity index (χ0) is 14.5. The maximum Gasteiger partial charge on any atom is 0.129 e. The molecule has 0 radical (unpaired) electrons. The zero-order valence-electron chi connectivity index (χ0n) is 12.8. The first-order chi connectivity index (χ1) is 9.63.